The maximum Gasteiger partial charge on any atom is 0.335 e. The average Bonchev–Trinajstić information content (AvgIpc) is 3.18. The van der Waals surface area contributed by atoms with E-state index in [0.717, 1.165) is 11.3 Å². The first kappa shape index (κ1) is 19.8. The SMILES string of the molecule is O=C(O)c1ccc(-n2c(-c3ccc(Cl)cc3)csc2=NC(=O)c2ccccc2)cc1. The van der Waals surface area contributed by atoms with Gasteiger partial charge in [-0.25, -0.2) is 4.79 Å². The van der Waals surface area contributed by atoms with Gasteiger partial charge in [0.15, 0.2) is 4.80 Å². The predicted molar refractivity (Wildman–Crippen MR) is 117 cm³/mol. The Morgan fingerprint density at radius 2 is 1.53 bits per heavy atom. The van der Waals surface area contributed by atoms with Gasteiger partial charge in [-0.3, -0.25) is 9.36 Å². The van der Waals surface area contributed by atoms with Gasteiger partial charge in [-0.05, 0) is 54.1 Å². The summed E-state index contributed by atoms with van der Waals surface area (Å²) < 4.78 is 1.83. The molecular weight excluding hydrogens is 420 g/mol. The van der Waals surface area contributed by atoms with Gasteiger partial charge in [0, 0.05) is 21.7 Å². The van der Waals surface area contributed by atoms with Crippen LogP contribution in [0, 0.1) is 0 Å². The smallest absolute Gasteiger partial charge is 0.335 e. The van der Waals surface area contributed by atoms with Crippen molar-refractivity contribution in [2.75, 3.05) is 0 Å². The van der Waals surface area contributed by atoms with Gasteiger partial charge in [0.1, 0.15) is 0 Å². The van der Waals surface area contributed by atoms with Crippen LogP contribution < -0.4 is 4.80 Å². The van der Waals surface area contributed by atoms with Crippen molar-refractivity contribution in [2.45, 2.75) is 0 Å². The summed E-state index contributed by atoms with van der Waals surface area (Å²) in [5.74, 6) is -1.35. The average molecular weight is 435 g/mol. The zero-order chi connectivity index (χ0) is 21.1. The Bertz CT molecular complexity index is 1270. The lowest BCUT2D eigenvalue weighted by atomic mass is 10.1. The summed E-state index contributed by atoms with van der Waals surface area (Å²) in [6.45, 7) is 0. The summed E-state index contributed by atoms with van der Waals surface area (Å²) in [7, 11) is 0. The summed E-state index contributed by atoms with van der Waals surface area (Å²) in [5.41, 5.74) is 3.09. The molecule has 1 heterocycles. The van der Waals surface area contributed by atoms with Gasteiger partial charge < -0.3 is 5.11 Å². The molecule has 0 fully saturated rings. The minimum absolute atomic E-state index is 0.182. The zero-order valence-electron chi connectivity index (χ0n) is 15.5. The first-order valence-electron chi connectivity index (χ1n) is 8.97. The molecule has 3 aromatic carbocycles. The number of carboxylic acid groups (broad SMARTS) is 1. The van der Waals surface area contributed by atoms with Crippen molar-refractivity contribution in [1.82, 2.24) is 4.57 Å². The van der Waals surface area contributed by atoms with Gasteiger partial charge in [0.2, 0.25) is 0 Å². The van der Waals surface area contributed by atoms with Crippen LogP contribution in [0.25, 0.3) is 16.9 Å². The zero-order valence-corrected chi connectivity index (χ0v) is 17.1. The van der Waals surface area contributed by atoms with Crippen LogP contribution in [0.2, 0.25) is 5.02 Å². The normalized spacial score (nSPS) is 11.4. The molecule has 7 heteroatoms. The van der Waals surface area contributed by atoms with E-state index in [9.17, 15) is 14.7 Å². The second-order valence-electron chi connectivity index (χ2n) is 6.38. The van der Waals surface area contributed by atoms with Crippen molar-refractivity contribution in [3.63, 3.8) is 0 Å². The number of nitrogens with zero attached hydrogens (tertiary/aromatic N) is 2. The third-order valence-corrected chi connectivity index (χ3v) is 5.52. The first-order valence-corrected chi connectivity index (χ1v) is 10.2. The molecule has 30 heavy (non-hydrogen) atoms. The molecule has 0 aliphatic heterocycles. The molecule has 148 valence electrons. The van der Waals surface area contributed by atoms with Gasteiger partial charge in [0.25, 0.3) is 5.91 Å². The molecule has 1 aromatic heterocycles. The van der Waals surface area contributed by atoms with Crippen LogP contribution in [-0.4, -0.2) is 21.6 Å². The van der Waals surface area contributed by atoms with Crippen LogP contribution in [0.5, 0.6) is 0 Å². The number of thiazole rings is 1. The topological polar surface area (TPSA) is 71.7 Å². The van der Waals surface area contributed by atoms with Crippen molar-refractivity contribution in [3.05, 3.63) is 105 Å². The Labute approximate surface area is 181 Å². The largest absolute Gasteiger partial charge is 0.478 e. The Morgan fingerprint density at radius 3 is 2.17 bits per heavy atom. The summed E-state index contributed by atoms with van der Waals surface area (Å²) >= 11 is 7.35. The first-order chi connectivity index (χ1) is 14.5. The molecule has 5 nitrogen and oxygen atoms in total. The maximum absolute atomic E-state index is 12.7. The molecule has 1 N–H and O–H groups in total. The molecule has 0 aliphatic carbocycles. The molecule has 4 aromatic rings. The highest BCUT2D eigenvalue weighted by Gasteiger charge is 2.13. The van der Waals surface area contributed by atoms with Crippen molar-refractivity contribution in [1.29, 1.82) is 0 Å². The number of carbonyl (C=O) groups is 2. The van der Waals surface area contributed by atoms with Gasteiger partial charge in [-0.1, -0.05) is 41.9 Å². The number of aromatic nitrogens is 1. The molecule has 0 aliphatic rings. The predicted octanol–water partition coefficient (Wildman–Crippen LogP) is 5.30. The highest BCUT2D eigenvalue weighted by atomic mass is 35.5. The highest BCUT2D eigenvalue weighted by Crippen LogP contribution is 2.25. The van der Waals surface area contributed by atoms with E-state index in [1.807, 2.05) is 28.1 Å². The Hall–Kier alpha value is -3.48. The van der Waals surface area contributed by atoms with E-state index >= 15 is 0 Å². The highest BCUT2D eigenvalue weighted by molar-refractivity contribution is 7.07. The molecule has 1 amide bonds. The summed E-state index contributed by atoms with van der Waals surface area (Å²) in [5, 5.41) is 11.7. The quantitative estimate of drug-likeness (QED) is 0.473. The summed E-state index contributed by atoms with van der Waals surface area (Å²) in [6, 6.07) is 22.6. The van der Waals surface area contributed by atoms with E-state index in [0.29, 0.717) is 21.1 Å². The molecular formula is C23H15ClN2O3S. The van der Waals surface area contributed by atoms with E-state index in [4.69, 9.17) is 11.6 Å². The standard InChI is InChI=1S/C23H15ClN2O3S/c24-18-10-6-15(7-11-18)20-14-30-23(25-21(27)16-4-2-1-3-5-16)26(20)19-12-8-17(9-13-19)22(28)29/h1-14H,(H,28,29). The van der Waals surface area contributed by atoms with Gasteiger partial charge in [-0.15, -0.1) is 11.3 Å². The maximum atomic E-state index is 12.7. The van der Waals surface area contributed by atoms with Gasteiger partial charge in [0.05, 0.1) is 11.3 Å². The second-order valence-corrected chi connectivity index (χ2v) is 7.65. The van der Waals surface area contributed by atoms with Crippen LogP contribution in [0.4, 0.5) is 0 Å². The van der Waals surface area contributed by atoms with Crippen molar-refractivity contribution in [2.24, 2.45) is 4.99 Å². The van der Waals surface area contributed by atoms with E-state index in [1.54, 1.807) is 48.5 Å². The van der Waals surface area contributed by atoms with Crippen LogP contribution in [0.15, 0.2) is 89.2 Å². The van der Waals surface area contributed by atoms with Crippen LogP contribution in [-0.2, 0) is 0 Å². The lowest BCUT2D eigenvalue weighted by molar-refractivity contribution is 0.0696. The molecule has 0 radical (unpaired) electrons. The molecule has 0 unspecified atom stereocenters. The number of hydrogen-bond acceptors (Lipinski definition) is 3. The van der Waals surface area contributed by atoms with Crippen LogP contribution in [0.3, 0.4) is 0 Å². The van der Waals surface area contributed by atoms with Gasteiger partial charge >= 0.3 is 5.97 Å². The summed E-state index contributed by atoms with van der Waals surface area (Å²) in [6.07, 6.45) is 0. The Kier molecular flexibility index (Phi) is 5.61. The summed E-state index contributed by atoms with van der Waals surface area (Å²) in [4.78, 5) is 28.7. The Balaban J connectivity index is 1.88. The van der Waals surface area contributed by atoms with E-state index in [-0.39, 0.29) is 11.5 Å². The van der Waals surface area contributed by atoms with Crippen molar-refractivity contribution in [3.8, 4) is 16.9 Å². The van der Waals surface area contributed by atoms with Crippen LogP contribution >= 0.6 is 22.9 Å². The Morgan fingerprint density at radius 1 is 0.867 bits per heavy atom. The van der Waals surface area contributed by atoms with E-state index in [1.165, 1.54) is 23.5 Å². The van der Waals surface area contributed by atoms with Crippen molar-refractivity contribution < 1.29 is 14.7 Å². The monoisotopic (exact) mass is 434 g/mol. The third kappa shape index (κ3) is 4.10. The third-order valence-electron chi connectivity index (χ3n) is 4.44. The molecule has 4 rings (SSSR count). The number of rotatable bonds is 4. The van der Waals surface area contributed by atoms with E-state index < -0.39 is 5.97 Å². The van der Waals surface area contributed by atoms with Gasteiger partial charge in [-0.2, -0.15) is 4.99 Å². The van der Waals surface area contributed by atoms with Crippen molar-refractivity contribution >= 4 is 34.8 Å². The number of aromatic carboxylic acids is 1. The van der Waals surface area contributed by atoms with Crippen LogP contribution in [0.1, 0.15) is 20.7 Å². The number of carbonyl (C=O) groups excluding carboxylic acids is 1. The number of amides is 1. The lowest BCUT2D eigenvalue weighted by Crippen LogP contribution is -2.16. The lowest BCUT2D eigenvalue weighted by Gasteiger charge is -2.10. The second kappa shape index (κ2) is 8.49. The fraction of sp³-hybridized carbons (Fsp3) is 0. The molecule has 0 atom stereocenters. The fourth-order valence-corrected chi connectivity index (χ4v) is 3.98. The minimum atomic E-state index is -1.00. The number of benzene rings is 3. The molecule has 0 spiro atoms. The van der Waals surface area contributed by atoms with E-state index in [2.05, 4.69) is 4.99 Å². The number of halogens is 1. The number of hydrogen-bond donors (Lipinski definition) is 1. The molecule has 0 bridgehead atoms. The fourth-order valence-electron chi connectivity index (χ4n) is 2.95. The molecule has 0 saturated heterocycles. The minimum Gasteiger partial charge on any atom is -0.478 e. The molecule has 0 saturated carbocycles. The number of carboxylic acids is 1.